The average molecular weight is 290 g/mol. The van der Waals surface area contributed by atoms with E-state index >= 15 is 0 Å². The third-order valence-corrected chi connectivity index (χ3v) is 3.93. The number of nitrogens with two attached hydrogens (primary N) is 1. The second kappa shape index (κ2) is 6.94. The number of amides is 1. The molecular formula is C17H26N2O2. The van der Waals surface area contributed by atoms with E-state index in [1.54, 1.807) is 0 Å². The highest BCUT2D eigenvalue weighted by molar-refractivity contribution is 6.00. The fraction of sp³-hybridized carbons (Fsp3) is 0.588. The second-order valence-electron chi connectivity index (χ2n) is 5.63. The summed E-state index contributed by atoms with van der Waals surface area (Å²) < 4.78 is 5.83. The molecule has 1 aromatic rings. The maximum Gasteiger partial charge on any atom is 0.268 e. The molecule has 1 aromatic carbocycles. The van der Waals surface area contributed by atoms with E-state index in [1.165, 1.54) is 0 Å². The van der Waals surface area contributed by atoms with Gasteiger partial charge in [-0.25, -0.2) is 0 Å². The molecule has 0 spiro atoms. The fourth-order valence-electron chi connectivity index (χ4n) is 2.76. The third kappa shape index (κ3) is 3.21. The summed E-state index contributed by atoms with van der Waals surface area (Å²) in [6.07, 6.45) is 3.24. The lowest BCUT2D eigenvalue weighted by molar-refractivity contribution is -0.126. The normalized spacial score (nSPS) is 19.1. The van der Waals surface area contributed by atoms with Gasteiger partial charge in [0.2, 0.25) is 0 Å². The molecule has 4 heteroatoms. The SMILES string of the molecule is CCCC(N)c1ccc2c(c1)N(CCC)C(=O)C(CC)O2. The summed E-state index contributed by atoms with van der Waals surface area (Å²) in [6.45, 7) is 6.90. The van der Waals surface area contributed by atoms with Crippen molar-refractivity contribution in [2.24, 2.45) is 5.73 Å². The highest BCUT2D eigenvalue weighted by Gasteiger charge is 2.33. The summed E-state index contributed by atoms with van der Waals surface area (Å²) in [5.41, 5.74) is 8.15. The molecule has 0 fully saturated rings. The zero-order valence-electron chi connectivity index (χ0n) is 13.3. The van der Waals surface area contributed by atoms with E-state index < -0.39 is 0 Å². The van der Waals surface area contributed by atoms with Gasteiger partial charge in [0.15, 0.2) is 6.10 Å². The summed E-state index contributed by atoms with van der Waals surface area (Å²) in [4.78, 5) is 14.3. The Morgan fingerprint density at radius 1 is 1.29 bits per heavy atom. The lowest BCUT2D eigenvalue weighted by Gasteiger charge is -2.34. The van der Waals surface area contributed by atoms with Crippen LogP contribution in [-0.4, -0.2) is 18.6 Å². The minimum absolute atomic E-state index is 0.0165. The Balaban J connectivity index is 2.37. The molecule has 0 radical (unpaired) electrons. The Morgan fingerprint density at radius 2 is 2.05 bits per heavy atom. The second-order valence-corrected chi connectivity index (χ2v) is 5.63. The zero-order valence-corrected chi connectivity index (χ0v) is 13.3. The number of ether oxygens (including phenoxy) is 1. The molecule has 2 N–H and O–H groups in total. The number of anilines is 1. The van der Waals surface area contributed by atoms with Crippen LogP contribution in [0.25, 0.3) is 0 Å². The number of rotatable bonds is 6. The predicted molar refractivity (Wildman–Crippen MR) is 85.6 cm³/mol. The molecule has 0 saturated carbocycles. The highest BCUT2D eigenvalue weighted by atomic mass is 16.5. The van der Waals surface area contributed by atoms with Crippen molar-refractivity contribution in [1.29, 1.82) is 0 Å². The fourth-order valence-corrected chi connectivity index (χ4v) is 2.76. The molecule has 0 aliphatic carbocycles. The van der Waals surface area contributed by atoms with E-state index in [0.717, 1.165) is 42.8 Å². The highest BCUT2D eigenvalue weighted by Crippen LogP contribution is 2.37. The number of nitrogens with zero attached hydrogens (tertiary/aromatic N) is 1. The zero-order chi connectivity index (χ0) is 15.4. The standard InChI is InChI=1S/C17H26N2O2/c1-4-7-13(18)12-8-9-16-14(11-12)19(10-5-2)17(20)15(6-3)21-16/h8-9,11,13,15H,4-7,10,18H2,1-3H3. The number of carbonyl (C=O) groups is 1. The number of hydrogen-bond donors (Lipinski definition) is 1. The van der Waals surface area contributed by atoms with E-state index in [1.807, 2.05) is 30.0 Å². The van der Waals surface area contributed by atoms with Gasteiger partial charge in [-0.15, -0.1) is 0 Å². The minimum atomic E-state index is -0.362. The van der Waals surface area contributed by atoms with Gasteiger partial charge in [0.25, 0.3) is 5.91 Å². The Hall–Kier alpha value is -1.55. The predicted octanol–water partition coefficient (Wildman–Crippen LogP) is 3.40. The number of carbonyl (C=O) groups excluding carboxylic acids is 1. The van der Waals surface area contributed by atoms with E-state index in [4.69, 9.17) is 10.5 Å². The van der Waals surface area contributed by atoms with Gasteiger partial charge in [0, 0.05) is 12.6 Å². The molecule has 1 amide bonds. The van der Waals surface area contributed by atoms with Gasteiger partial charge in [-0.1, -0.05) is 33.3 Å². The Labute approximate surface area is 127 Å². The van der Waals surface area contributed by atoms with Crippen LogP contribution in [0.5, 0.6) is 5.75 Å². The van der Waals surface area contributed by atoms with Crippen molar-refractivity contribution in [2.75, 3.05) is 11.4 Å². The summed E-state index contributed by atoms with van der Waals surface area (Å²) in [6, 6.07) is 6.02. The molecular weight excluding hydrogens is 264 g/mol. The number of hydrogen-bond acceptors (Lipinski definition) is 3. The molecule has 0 saturated heterocycles. The number of benzene rings is 1. The van der Waals surface area contributed by atoms with Crippen LogP contribution in [0.15, 0.2) is 18.2 Å². The Kier molecular flexibility index (Phi) is 5.23. The van der Waals surface area contributed by atoms with Crippen LogP contribution in [-0.2, 0) is 4.79 Å². The van der Waals surface area contributed by atoms with Crippen molar-refractivity contribution in [2.45, 2.75) is 58.6 Å². The van der Waals surface area contributed by atoms with Crippen LogP contribution in [0, 0.1) is 0 Å². The molecule has 2 unspecified atom stereocenters. The van der Waals surface area contributed by atoms with Gasteiger partial charge in [-0.05, 0) is 37.0 Å². The van der Waals surface area contributed by atoms with Crippen molar-refractivity contribution in [3.05, 3.63) is 23.8 Å². The van der Waals surface area contributed by atoms with E-state index in [2.05, 4.69) is 13.8 Å². The topological polar surface area (TPSA) is 55.6 Å². The van der Waals surface area contributed by atoms with Gasteiger partial charge >= 0.3 is 0 Å². The summed E-state index contributed by atoms with van der Waals surface area (Å²) >= 11 is 0. The van der Waals surface area contributed by atoms with Crippen LogP contribution in [0.4, 0.5) is 5.69 Å². The summed E-state index contributed by atoms with van der Waals surface area (Å²) in [5, 5.41) is 0. The van der Waals surface area contributed by atoms with Gasteiger partial charge in [-0.2, -0.15) is 0 Å². The summed E-state index contributed by atoms with van der Waals surface area (Å²) in [5.74, 6) is 0.857. The smallest absolute Gasteiger partial charge is 0.268 e. The maximum atomic E-state index is 12.5. The largest absolute Gasteiger partial charge is 0.478 e. The molecule has 21 heavy (non-hydrogen) atoms. The molecule has 1 heterocycles. The van der Waals surface area contributed by atoms with Crippen molar-refractivity contribution >= 4 is 11.6 Å². The molecule has 1 aliphatic rings. The van der Waals surface area contributed by atoms with Gasteiger partial charge < -0.3 is 15.4 Å². The maximum absolute atomic E-state index is 12.5. The van der Waals surface area contributed by atoms with Crippen LogP contribution >= 0.6 is 0 Å². The van der Waals surface area contributed by atoms with Crippen LogP contribution in [0.3, 0.4) is 0 Å². The average Bonchev–Trinajstić information content (AvgIpc) is 2.49. The first-order chi connectivity index (χ1) is 10.1. The first-order valence-electron chi connectivity index (χ1n) is 7.99. The van der Waals surface area contributed by atoms with Crippen molar-refractivity contribution in [1.82, 2.24) is 0 Å². The number of fused-ring (bicyclic) bond motifs is 1. The van der Waals surface area contributed by atoms with Crippen LogP contribution < -0.4 is 15.4 Å². The molecule has 2 rings (SSSR count). The van der Waals surface area contributed by atoms with Gasteiger partial charge in [-0.3, -0.25) is 4.79 Å². The quantitative estimate of drug-likeness (QED) is 0.873. The molecule has 0 bridgehead atoms. The van der Waals surface area contributed by atoms with E-state index in [9.17, 15) is 4.79 Å². The first-order valence-corrected chi connectivity index (χ1v) is 7.99. The van der Waals surface area contributed by atoms with Crippen LogP contribution in [0.2, 0.25) is 0 Å². The molecule has 116 valence electrons. The summed E-state index contributed by atoms with van der Waals surface area (Å²) in [7, 11) is 0. The van der Waals surface area contributed by atoms with Gasteiger partial charge in [0.05, 0.1) is 5.69 Å². The Morgan fingerprint density at radius 3 is 2.67 bits per heavy atom. The van der Waals surface area contributed by atoms with Crippen molar-refractivity contribution in [3.8, 4) is 5.75 Å². The lowest BCUT2D eigenvalue weighted by atomic mass is 10.0. The van der Waals surface area contributed by atoms with Crippen LogP contribution in [0.1, 0.15) is 58.1 Å². The minimum Gasteiger partial charge on any atom is -0.478 e. The molecule has 1 aliphatic heterocycles. The van der Waals surface area contributed by atoms with Gasteiger partial charge in [0.1, 0.15) is 5.75 Å². The third-order valence-electron chi connectivity index (χ3n) is 3.93. The van der Waals surface area contributed by atoms with E-state index in [-0.39, 0.29) is 18.1 Å². The lowest BCUT2D eigenvalue weighted by Crippen LogP contribution is -2.46. The molecule has 4 nitrogen and oxygen atoms in total. The monoisotopic (exact) mass is 290 g/mol. The van der Waals surface area contributed by atoms with E-state index in [0.29, 0.717) is 6.42 Å². The van der Waals surface area contributed by atoms with Crippen molar-refractivity contribution < 1.29 is 9.53 Å². The molecule has 0 aromatic heterocycles. The first kappa shape index (κ1) is 15.8. The Bertz CT molecular complexity index is 502. The van der Waals surface area contributed by atoms with Crippen molar-refractivity contribution in [3.63, 3.8) is 0 Å². The molecule has 2 atom stereocenters.